The predicted octanol–water partition coefficient (Wildman–Crippen LogP) is 1.35. The lowest BCUT2D eigenvalue weighted by Crippen LogP contribution is -2.11. The van der Waals surface area contributed by atoms with E-state index in [0.717, 1.165) is 13.0 Å². The molecular formula is C10H17N3. The van der Waals surface area contributed by atoms with Crippen LogP contribution in [0.5, 0.6) is 0 Å². The van der Waals surface area contributed by atoms with Gasteiger partial charge in [0, 0.05) is 30.4 Å². The zero-order valence-electron chi connectivity index (χ0n) is 8.27. The minimum atomic E-state index is 0.377. The lowest BCUT2D eigenvalue weighted by atomic mass is 10.2. The molecule has 3 nitrogen and oxygen atoms in total. The van der Waals surface area contributed by atoms with E-state index in [1.165, 1.54) is 5.69 Å². The monoisotopic (exact) mass is 179 g/mol. The normalized spacial score (nSPS) is 26.8. The third-order valence-electron chi connectivity index (χ3n) is 2.51. The Bertz CT molecular complexity index is 290. The van der Waals surface area contributed by atoms with Crippen LogP contribution in [-0.4, -0.2) is 15.8 Å². The Morgan fingerprint density at radius 3 is 2.92 bits per heavy atom. The zero-order valence-corrected chi connectivity index (χ0v) is 8.27. The van der Waals surface area contributed by atoms with Crippen LogP contribution in [0.15, 0.2) is 12.3 Å². The molecule has 0 aliphatic heterocycles. The van der Waals surface area contributed by atoms with Gasteiger partial charge in [0.15, 0.2) is 0 Å². The van der Waals surface area contributed by atoms with Crippen molar-refractivity contribution in [2.75, 3.05) is 0 Å². The molecule has 2 unspecified atom stereocenters. The van der Waals surface area contributed by atoms with Gasteiger partial charge in [-0.3, -0.25) is 4.68 Å². The van der Waals surface area contributed by atoms with E-state index in [-0.39, 0.29) is 0 Å². The zero-order chi connectivity index (χ0) is 9.42. The van der Waals surface area contributed by atoms with E-state index in [1.54, 1.807) is 0 Å². The maximum Gasteiger partial charge on any atom is 0.0492 e. The van der Waals surface area contributed by atoms with Crippen LogP contribution in [0.25, 0.3) is 0 Å². The van der Waals surface area contributed by atoms with Gasteiger partial charge in [0.25, 0.3) is 0 Å². The fraction of sp³-hybridized carbons (Fsp3) is 0.700. The Kier molecular flexibility index (Phi) is 2.12. The molecule has 72 valence electrons. The van der Waals surface area contributed by atoms with Crippen molar-refractivity contribution in [3.63, 3.8) is 0 Å². The molecule has 1 saturated carbocycles. The number of nitrogens with zero attached hydrogens (tertiary/aromatic N) is 2. The molecule has 1 fully saturated rings. The van der Waals surface area contributed by atoms with Crippen molar-refractivity contribution < 1.29 is 0 Å². The lowest BCUT2D eigenvalue weighted by Gasteiger charge is -2.08. The van der Waals surface area contributed by atoms with Crippen molar-refractivity contribution in [1.82, 2.24) is 9.78 Å². The minimum absolute atomic E-state index is 0.377. The van der Waals surface area contributed by atoms with Crippen LogP contribution in [-0.2, 0) is 6.54 Å². The van der Waals surface area contributed by atoms with Crippen molar-refractivity contribution >= 4 is 0 Å². The summed E-state index contributed by atoms with van der Waals surface area (Å²) in [5.41, 5.74) is 7.14. The number of hydrogen-bond donors (Lipinski definition) is 1. The van der Waals surface area contributed by atoms with Crippen LogP contribution in [0, 0.1) is 5.92 Å². The first kappa shape index (κ1) is 8.75. The third-order valence-corrected chi connectivity index (χ3v) is 2.51. The van der Waals surface area contributed by atoms with Crippen LogP contribution < -0.4 is 5.73 Å². The van der Waals surface area contributed by atoms with Crippen LogP contribution in [0.4, 0.5) is 0 Å². The molecule has 2 rings (SSSR count). The summed E-state index contributed by atoms with van der Waals surface area (Å²) in [6, 6.07) is 2.47. The smallest absolute Gasteiger partial charge is 0.0492 e. The van der Waals surface area contributed by atoms with Gasteiger partial charge in [-0.25, -0.2) is 0 Å². The molecule has 1 aromatic rings. The Morgan fingerprint density at radius 2 is 2.38 bits per heavy atom. The maximum absolute atomic E-state index is 5.82. The van der Waals surface area contributed by atoms with Gasteiger partial charge in [0.1, 0.15) is 0 Å². The molecule has 1 aromatic heterocycles. The van der Waals surface area contributed by atoms with Crippen LogP contribution in [0.2, 0.25) is 0 Å². The molecule has 1 aliphatic carbocycles. The Balaban J connectivity index is 2.12. The minimum Gasteiger partial charge on any atom is -0.327 e. The van der Waals surface area contributed by atoms with Gasteiger partial charge in [0.05, 0.1) is 0 Å². The largest absolute Gasteiger partial charge is 0.327 e. The summed E-state index contributed by atoms with van der Waals surface area (Å²) in [4.78, 5) is 0. The molecule has 3 heteroatoms. The maximum atomic E-state index is 5.82. The molecule has 0 saturated heterocycles. The summed E-state index contributed by atoms with van der Waals surface area (Å²) in [6.07, 6.45) is 3.01. The van der Waals surface area contributed by atoms with Crippen LogP contribution >= 0.6 is 0 Å². The molecule has 2 atom stereocenters. The Labute approximate surface area is 78.9 Å². The summed E-state index contributed by atoms with van der Waals surface area (Å²) < 4.78 is 2.10. The fourth-order valence-corrected chi connectivity index (χ4v) is 1.71. The summed E-state index contributed by atoms with van der Waals surface area (Å²) >= 11 is 0. The topological polar surface area (TPSA) is 43.8 Å². The molecule has 0 aromatic carbocycles. The first-order valence-corrected chi connectivity index (χ1v) is 4.95. The van der Waals surface area contributed by atoms with Gasteiger partial charge in [-0.05, 0) is 18.4 Å². The second-order valence-corrected chi connectivity index (χ2v) is 4.34. The average molecular weight is 179 g/mol. The summed E-state index contributed by atoms with van der Waals surface area (Å²) in [6.45, 7) is 5.42. The second-order valence-electron chi connectivity index (χ2n) is 4.34. The van der Waals surface area contributed by atoms with E-state index < -0.39 is 0 Å². The molecule has 1 aliphatic rings. The van der Waals surface area contributed by atoms with Crippen molar-refractivity contribution in [3.8, 4) is 0 Å². The van der Waals surface area contributed by atoms with E-state index >= 15 is 0 Å². The van der Waals surface area contributed by atoms with Crippen molar-refractivity contribution in [2.24, 2.45) is 11.7 Å². The summed E-state index contributed by atoms with van der Waals surface area (Å²) in [7, 11) is 0. The highest BCUT2D eigenvalue weighted by molar-refractivity contribution is 5.19. The first-order valence-electron chi connectivity index (χ1n) is 4.95. The highest BCUT2D eigenvalue weighted by Crippen LogP contribution is 2.38. The molecule has 1 heterocycles. The molecule has 13 heavy (non-hydrogen) atoms. The summed E-state index contributed by atoms with van der Waals surface area (Å²) in [5, 5.41) is 4.31. The van der Waals surface area contributed by atoms with Gasteiger partial charge in [0.2, 0.25) is 0 Å². The van der Waals surface area contributed by atoms with Crippen molar-refractivity contribution in [3.05, 3.63) is 18.0 Å². The van der Waals surface area contributed by atoms with Gasteiger partial charge in [-0.2, -0.15) is 5.10 Å². The highest BCUT2D eigenvalue weighted by Gasteiger charge is 2.37. The number of nitrogens with two attached hydrogens (primary N) is 1. The molecule has 0 bridgehead atoms. The molecule has 0 amide bonds. The van der Waals surface area contributed by atoms with E-state index in [2.05, 4.69) is 29.7 Å². The highest BCUT2D eigenvalue weighted by atomic mass is 15.3. The lowest BCUT2D eigenvalue weighted by molar-refractivity contribution is 0.468. The SMILES string of the molecule is CC(C)Cn1nccc1C1CC1N. The van der Waals surface area contributed by atoms with Crippen molar-refractivity contribution in [2.45, 2.75) is 38.8 Å². The molecule has 0 radical (unpaired) electrons. The van der Waals surface area contributed by atoms with Crippen molar-refractivity contribution in [1.29, 1.82) is 0 Å². The first-order chi connectivity index (χ1) is 6.18. The van der Waals surface area contributed by atoms with Gasteiger partial charge in [-0.15, -0.1) is 0 Å². The molecule has 0 spiro atoms. The number of hydrogen-bond acceptors (Lipinski definition) is 2. The van der Waals surface area contributed by atoms with Gasteiger partial charge >= 0.3 is 0 Å². The quantitative estimate of drug-likeness (QED) is 0.761. The average Bonchev–Trinajstić information content (AvgIpc) is 2.60. The Morgan fingerprint density at radius 1 is 1.69 bits per heavy atom. The van der Waals surface area contributed by atoms with E-state index in [4.69, 9.17) is 5.73 Å². The third kappa shape index (κ3) is 1.75. The number of aromatic nitrogens is 2. The Hall–Kier alpha value is -0.830. The van der Waals surface area contributed by atoms with E-state index in [9.17, 15) is 0 Å². The fourth-order valence-electron chi connectivity index (χ4n) is 1.71. The number of rotatable bonds is 3. The molecule has 2 N–H and O–H groups in total. The van der Waals surface area contributed by atoms with E-state index in [1.807, 2.05) is 6.20 Å². The van der Waals surface area contributed by atoms with E-state index in [0.29, 0.717) is 17.9 Å². The molecular weight excluding hydrogens is 162 g/mol. The second kappa shape index (κ2) is 3.14. The van der Waals surface area contributed by atoms with Gasteiger partial charge in [-0.1, -0.05) is 13.8 Å². The summed E-state index contributed by atoms with van der Waals surface area (Å²) in [5.74, 6) is 1.22. The van der Waals surface area contributed by atoms with Gasteiger partial charge < -0.3 is 5.73 Å². The van der Waals surface area contributed by atoms with Crippen LogP contribution in [0.1, 0.15) is 31.9 Å². The standard InChI is InChI=1S/C10H17N3/c1-7(2)6-13-10(3-4-12-13)8-5-9(8)11/h3-4,7-9H,5-6,11H2,1-2H3. The van der Waals surface area contributed by atoms with Crippen LogP contribution in [0.3, 0.4) is 0 Å². The predicted molar refractivity (Wildman–Crippen MR) is 52.4 cm³/mol.